The van der Waals surface area contributed by atoms with E-state index in [4.69, 9.17) is 0 Å². The minimum Gasteiger partial charge on any atom is -0.357 e. The first kappa shape index (κ1) is 17.9. The highest BCUT2D eigenvalue weighted by Crippen LogP contribution is 2.24. The van der Waals surface area contributed by atoms with Crippen LogP contribution in [0.1, 0.15) is 51.8 Å². The van der Waals surface area contributed by atoms with Crippen molar-refractivity contribution in [3.8, 4) is 0 Å². The maximum atomic E-state index is 4.61. The van der Waals surface area contributed by atoms with Crippen molar-refractivity contribution < 1.29 is 0 Å². The first-order chi connectivity index (χ1) is 11.8. The van der Waals surface area contributed by atoms with Crippen LogP contribution in [0.5, 0.6) is 0 Å². The van der Waals surface area contributed by atoms with Gasteiger partial charge in [0.05, 0.1) is 6.54 Å². The molecule has 2 aromatic rings. The molecule has 6 heteroatoms. The molecule has 1 aliphatic heterocycles. The van der Waals surface area contributed by atoms with Crippen LogP contribution in [0, 0.1) is 0 Å². The SMILES string of the molecule is CC(C)N(C)c1ccc(CN2CCn3c(nnc3C(C)(C)C)C2)cn1. The van der Waals surface area contributed by atoms with Crippen molar-refractivity contribution in [1.82, 2.24) is 24.6 Å². The normalized spacial score (nSPS) is 15.5. The molecular formula is C19H30N6. The molecule has 6 nitrogen and oxygen atoms in total. The highest BCUT2D eigenvalue weighted by molar-refractivity contribution is 5.39. The molecule has 0 aliphatic carbocycles. The standard InChI is InChI=1S/C19H30N6/c1-14(2)23(6)16-8-7-15(11-20-16)12-24-9-10-25-17(13-24)21-22-18(25)19(3,4)5/h7-8,11,14H,9-10,12-13H2,1-6H3. The zero-order valence-electron chi connectivity index (χ0n) is 16.3. The highest BCUT2D eigenvalue weighted by Gasteiger charge is 2.27. The van der Waals surface area contributed by atoms with Gasteiger partial charge in [0.15, 0.2) is 0 Å². The van der Waals surface area contributed by atoms with Crippen molar-refractivity contribution in [3.05, 3.63) is 35.5 Å². The number of fused-ring (bicyclic) bond motifs is 1. The van der Waals surface area contributed by atoms with Gasteiger partial charge in [0.1, 0.15) is 17.5 Å². The van der Waals surface area contributed by atoms with Crippen LogP contribution in [0.3, 0.4) is 0 Å². The molecule has 0 bridgehead atoms. The zero-order valence-corrected chi connectivity index (χ0v) is 16.3. The van der Waals surface area contributed by atoms with Crippen LogP contribution in [0.4, 0.5) is 5.82 Å². The zero-order chi connectivity index (χ0) is 18.2. The average molecular weight is 342 g/mol. The molecule has 0 saturated carbocycles. The summed E-state index contributed by atoms with van der Waals surface area (Å²) >= 11 is 0. The molecular weight excluding hydrogens is 312 g/mol. The van der Waals surface area contributed by atoms with Crippen molar-refractivity contribution >= 4 is 5.82 Å². The summed E-state index contributed by atoms with van der Waals surface area (Å²) in [6.45, 7) is 14.6. The Morgan fingerprint density at radius 2 is 1.92 bits per heavy atom. The number of anilines is 1. The van der Waals surface area contributed by atoms with Gasteiger partial charge in [0.25, 0.3) is 0 Å². The van der Waals surface area contributed by atoms with E-state index in [-0.39, 0.29) is 5.41 Å². The summed E-state index contributed by atoms with van der Waals surface area (Å²) < 4.78 is 2.29. The summed E-state index contributed by atoms with van der Waals surface area (Å²) in [4.78, 5) is 9.21. The molecule has 3 rings (SSSR count). The van der Waals surface area contributed by atoms with E-state index in [0.29, 0.717) is 6.04 Å². The fourth-order valence-electron chi connectivity index (χ4n) is 3.14. The molecule has 0 N–H and O–H groups in total. The Morgan fingerprint density at radius 1 is 1.16 bits per heavy atom. The summed E-state index contributed by atoms with van der Waals surface area (Å²) in [6.07, 6.45) is 1.99. The lowest BCUT2D eigenvalue weighted by Crippen LogP contribution is -2.35. The lowest BCUT2D eigenvalue weighted by molar-refractivity contribution is 0.205. The van der Waals surface area contributed by atoms with Crippen molar-refractivity contribution in [2.24, 2.45) is 0 Å². The van der Waals surface area contributed by atoms with Gasteiger partial charge in [-0.1, -0.05) is 26.8 Å². The Labute approximate surface area is 150 Å². The molecule has 1 aliphatic rings. The summed E-state index contributed by atoms with van der Waals surface area (Å²) in [6, 6.07) is 4.74. The summed E-state index contributed by atoms with van der Waals surface area (Å²) in [5.41, 5.74) is 1.28. The Hall–Kier alpha value is -1.95. The maximum absolute atomic E-state index is 4.61. The van der Waals surface area contributed by atoms with Gasteiger partial charge in [0, 0.05) is 44.3 Å². The van der Waals surface area contributed by atoms with E-state index < -0.39 is 0 Å². The lowest BCUT2D eigenvalue weighted by atomic mass is 9.95. The first-order valence-corrected chi connectivity index (χ1v) is 9.08. The van der Waals surface area contributed by atoms with Crippen LogP contribution in [0.2, 0.25) is 0 Å². The Kier molecular flexibility index (Phi) is 4.82. The molecule has 0 spiro atoms. The largest absolute Gasteiger partial charge is 0.357 e. The fraction of sp³-hybridized carbons (Fsp3) is 0.632. The van der Waals surface area contributed by atoms with Gasteiger partial charge in [-0.25, -0.2) is 4.98 Å². The fourth-order valence-corrected chi connectivity index (χ4v) is 3.14. The van der Waals surface area contributed by atoms with Crippen LogP contribution < -0.4 is 4.90 Å². The maximum Gasteiger partial charge on any atom is 0.147 e. The molecule has 25 heavy (non-hydrogen) atoms. The van der Waals surface area contributed by atoms with E-state index in [1.807, 2.05) is 6.20 Å². The van der Waals surface area contributed by atoms with Gasteiger partial charge < -0.3 is 9.47 Å². The molecule has 136 valence electrons. The topological polar surface area (TPSA) is 50.1 Å². The van der Waals surface area contributed by atoms with E-state index in [1.54, 1.807) is 0 Å². The van der Waals surface area contributed by atoms with Gasteiger partial charge in [-0.2, -0.15) is 0 Å². The van der Waals surface area contributed by atoms with Gasteiger partial charge in [-0.05, 0) is 25.5 Å². The van der Waals surface area contributed by atoms with Crippen LogP contribution in [0.25, 0.3) is 0 Å². The van der Waals surface area contributed by atoms with Crippen molar-refractivity contribution in [2.75, 3.05) is 18.5 Å². The van der Waals surface area contributed by atoms with Gasteiger partial charge in [-0.15, -0.1) is 10.2 Å². The van der Waals surface area contributed by atoms with Crippen LogP contribution in [-0.2, 0) is 25.0 Å². The van der Waals surface area contributed by atoms with E-state index in [1.165, 1.54) is 5.56 Å². The third-order valence-electron chi connectivity index (χ3n) is 4.85. The highest BCUT2D eigenvalue weighted by atomic mass is 15.3. The van der Waals surface area contributed by atoms with Gasteiger partial charge >= 0.3 is 0 Å². The average Bonchev–Trinajstić information content (AvgIpc) is 2.98. The van der Waals surface area contributed by atoms with Crippen molar-refractivity contribution in [3.63, 3.8) is 0 Å². The Bertz CT molecular complexity index is 711. The van der Waals surface area contributed by atoms with E-state index in [0.717, 1.165) is 43.6 Å². The third kappa shape index (κ3) is 3.84. The van der Waals surface area contributed by atoms with E-state index in [2.05, 4.69) is 83.3 Å². The molecule has 0 unspecified atom stereocenters. The van der Waals surface area contributed by atoms with Crippen molar-refractivity contribution in [1.29, 1.82) is 0 Å². The second kappa shape index (κ2) is 6.75. The first-order valence-electron chi connectivity index (χ1n) is 9.08. The predicted molar refractivity (Wildman–Crippen MR) is 101 cm³/mol. The van der Waals surface area contributed by atoms with E-state index >= 15 is 0 Å². The summed E-state index contributed by atoms with van der Waals surface area (Å²) in [5, 5.41) is 8.85. The molecule has 0 amide bonds. The smallest absolute Gasteiger partial charge is 0.147 e. The number of hydrogen-bond donors (Lipinski definition) is 0. The minimum atomic E-state index is 0.0373. The number of hydrogen-bond acceptors (Lipinski definition) is 5. The molecule has 0 fully saturated rings. The Balaban J connectivity index is 1.66. The molecule has 0 aromatic carbocycles. The van der Waals surface area contributed by atoms with E-state index in [9.17, 15) is 0 Å². The molecule has 3 heterocycles. The van der Waals surface area contributed by atoms with Crippen LogP contribution in [-0.4, -0.2) is 44.3 Å². The quantitative estimate of drug-likeness (QED) is 0.855. The monoisotopic (exact) mass is 342 g/mol. The Morgan fingerprint density at radius 3 is 2.52 bits per heavy atom. The number of rotatable bonds is 4. The molecule has 0 radical (unpaired) electrons. The van der Waals surface area contributed by atoms with Gasteiger partial charge in [-0.3, -0.25) is 4.90 Å². The minimum absolute atomic E-state index is 0.0373. The number of nitrogens with zero attached hydrogens (tertiary/aromatic N) is 6. The number of aromatic nitrogens is 4. The number of pyridine rings is 1. The second-order valence-electron chi connectivity index (χ2n) is 8.28. The van der Waals surface area contributed by atoms with Crippen molar-refractivity contribution in [2.45, 2.75) is 65.7 Å². The van der Waals surface area contributed by atoms with Crippen LogP contribution in [0.15, 0.2) is 18.3 Å². The summed E-state index contributed by atoms with van der Waals surface area (Å²) in [7, 11) is 2.08. The predicted octanol–water partition coefficient (Wildman–Crippen LogP) is 2.83. The third-order valence-corrected chi connectivity index (χ3v) is 4.85. The molecule has 0 atom stereocenters. The lowest BCUT2D eigenvalue weighted by Gasteiger charge is -2.29. The van der Waals surface area contributed by atoms with Crippen LogP contribution >= 0.6 is 0 Å². The molecule has 0 saturated heterocycles. The second-order valence-corrected chi connectivity index (χ2v) is 8.28. The molecule has 2 aromatic heterocycles. The summed E-state index contributed by atoms with van der Waals surface area (Å²) in [5.74, 6) is 3.18. The van der Waals surface area contributed by atoms with Gasteiger partial charge in [0.2, 0.25) is 0 Å².